The van der Waals surface area contributed by atoms with Crippen LogP contribution in [0.1, 0.15) is 42.0 Å². The zero-order valence-electron chi connectivity index (χ0n) is 12.2. The predicted molar refractivity (Wildman–Crippen MR) is 85.3 cm³/mol. The molecule has 1 aromatic heterocycles. The Bertz CT molecular complexity index is 410. The molecule has 0 aliphatic heterocycles. The van der Waals surface area contributed by atoms with Crippen molar-refractivity contribution in [2.75, 3.05) is 6.54 Å². The maximum Gasteiger partial charge on any atom is 0.220 e. The highest BCUT2D eigenvalue weighted by Crippen LogP contribution is 2.22. The smallest absolute Gasteiger partial charge is 0.220 e. The second-order valence-electron chi connectivity index (χ2n) is 5.56. The van der Waals surface area contributed by atoms with Crippen LogP contribution in [0.4, 0.5) is 0 Å². The van der Waals surface area contributed by atoms with Crippen molar-refractivity contribution in [1.29, 1.82) is 0 Å². The highest BCUT2D eigenvalue weighted by molar-refractivity contribution is 7.12. The number of rotatable bonds is 6. The molecule has 5 heteroatoms. The zero-order valence-corrected chi connectivity index (χ0v) is 13.8. The summed E-state index contributed by atoms with van der Waals surface area (Å²) in [6.45, 7) is 8.61. The lowest BCUT2D eigenvalue weighted by molar-refractivity contribution is -0.121. The molecule has 3 nitrogen and oxygen atoms in total. The van der Waals surface area contributed by atoms with Gasteiger partial charge < -0.3 is 11.1 Å². The van der Waals surface area contributed by atoms with Gasteiger partial charge >= 0.3 is 0 Å². The highest BCUT2D eigenvalue weighted by atomic mass is 35.5. The van der Waals surface area contributed by atoms with Gasteiger partial charge in [0.15, 0.2) is 0 Å². The number of halogens is 1. The normalized spacial score (nSPS) is 11.0. The van der Waals surface area contributed by atoms with E-state index in [1.165, 1.54) is 15.3 Å². The molecule has 0 aromatic carbocycles. The number of nitrogens with one attached hydrogen (secondary N) is 1. The first-order valence-electron chi connectivity index (χ1n) is 6.39. The van der Waals surface area contributed by atoms with E-state index >= 15 is 0 Å². The van der Waals surface area contributed by atoms with Crippen LogP contribution >= 0.6 is 23.7 Å². The van der Waals surface area contributed by atoms with Gasteiger partial charge in [-0.1, -0.05) is 0 Å². The van der Waals surface area contributed by atoms with Crippen LogP contribution in [0.25, 0.3) is 0 Å². The highest BCUT2D eigenvalue weighted by Gasteiger charge is 2.12. The summed E-state index contributed by atoms with van der Waals surface area (Å²) in [5.74, 6) is 0.0955. The van der Waals surface area contributed by atoms with Crippen LogP contribution in [-0.2, 0) is 11.2 Å². The van der Waals surface area contributed by atoms with Gasteiger partial charge in [-0.3, -0.25) is 4.79 Å². The van der Waals surface area contributed by atoms with Gasteiger partial charge in [-0.05, 0) is 52.2 Å². The summed E-state index contributed by atoms with van der Waals surface area (Å²) >= 11 is 1.82. The zero-order chi connectivity index (χ0) is 13.8. The van der Waals surface area contributed by atoms with Crippen LogP contribution in [-0.4, -0.2) is 18.0 Å². The number of hydrogen-bond acceptors (Lipinski definition) is 3. The summed E-state index contributed by atoms with van der Waals surface area (Å²) in [6.07, 6.45) is 2.45. The first-order chi connectivity index (χ1) is 8.28. The monoisotopic (exact) mass is 304 g/mol. The lowest BCUT2D eigenvalue weighted by Crippen LogP contribution is -2.45. The molecule has 0 bridgehead atoms. The van der Waals surface area contributed by atoms with Crippen molar-refractivity contribution in [3.63, 3.8) is 0 Å². The summed E-state index contributed by atoms with van der Waals surface area (Å²) in [5.41, 5.74) is 6.86. The molecule has 0 saturated heterocycles. The number of carbonyl (C=O) groups is 1. The largest absolute Gasteiger partial charge is 0.354 e. The number of thiophene rings is 1. The molecule has 0 saturated carbocycles. The average molecular weight is 305 g/mol. The summed E-state index contributed by atoms with van der Waals surface area (Å²) in [6, 6.07) is 2.22. The molecular weight excluding hydrogens is 280 g/mol. The maximum atomic E-state index is 11.6. The Balaban J connectivity index is 0.00000324. The molecule has 3 N–H and O–H groups in total. The Labute approximate surface area is 126 Å². The van der Waals surface area contributed by atoms with Crippen molar-refractivity contribution in [2.45, 2.75) is 52.5 Å². The van der Waals surface area contributed by atoms with Gasteiger partial charge in [0.2, 0.25) is 5.91 Å². The van der Waals surface area contributed by atoms with Gasteiger partial charge in [-0.25, -0.2) is 0 Å². The van der Waals surface area contributed by atoms with Crippen molar-refractivity contribution in [1.82, 2.24) is 5.32 Å². The molecular formula is C14H25ClN2OS. The van der Waals surface area contributed by atoms with Crippen LogP contribution in [0, 0.1) is 13.8 Å². The van der Waals surface area contributed by atoms with Gasteiger partial charge in [-0.2, -0.15) is 0 Å². The first-order valence-corrected chi connectivity index (χ1v) is 7.21. The van der Waals surface area contributed by atoms with Gasteiger partial charge in [0, 0.05) is 28.3 Å². The van der Waals surface area contributed by atoms with Crippen LogP contribution in [0.3, 0.4) is 0 Å². The van der Waals surface area contributed by atoms with E-state index in [-0.39, 0.29) is 23.9 Å². The molecule has 1 heterocycles. The van der Waals surface area contributed by atoms with Crippen molar-refractivity contribution in [3.05, 3.63) is 21.4 Å². The van der Waals surface area contributed by atoms with Gasteiger partial charge in [0.1, 0.15) is 0 Å². The van der Waals surface area contributed by atoms with E-state index in [0.29, 0.717) is 13.0 Å². The fourth-order valence-corrected chi connectivity index (χ4v) is 2.76. The molecule has 0 spiro atoms. The van der Waals surface area contributed by atoms with E-state index < -0.39 is 0 Å². The van der Waals surface area contributed by atoms with Crippen LogP contribution < -0.4 is 11.1 Å². The number of aryl methyl sites for hydroxylation is 3. The number of carbonyl (C=O) groups excluding carboxylic acids is 1. The molecule has 0 aliphatic carbocycles. The fourth-order valence-electron chi connectivity index (χ4n) is 1.79. The molecule has 1 aromatic rings. The van der Waals surface area contributed by atoms with Crippen molar-refractivity contribution < 1.29 is 4.79 Å². The minimum Gasteiger partial charge on any atom is -0.354 e. The molecule has 110 valence electrons. The minimum atomic E-state index is -0.337. The predicted octanol–water partition coefficient (Wildman–Crippen LogP) is 2.96. The van der Waals surface area contributed by atoms with Crippen molar-refractivity contribution in [3.8, 4) is 0 Å². The van der Waals surface area contributed by atoms with E-state index in [1.54, 1.807) is 0 Å². The van der Waals surface area contributed by atoms with Crippen molar-refractivity contribution in [2.24, 2.45) is 5.73 Å². The van der Waals surface area contributed by atoms with E-state index in [0.717, 1.165) is 12.8 Å². The molecule has 0 unspecified atom stereocenters. The minimum absolute atomic E-state index is 0. The van der Waals surface area contributed by atoms with Gasteiger partial charge in [0.05, 0.1) is 0 Å². The molecule has 19 heavy (non-hydrogen) atoms. The summed E-state index contributed by atoms with van der Waals surface area (Å²) in [7, 11) is 0. The molecule has 1 rings (SSSR count). The van der Waals surface area contributed by atoms with E-state index in [4.69, 9.17) is 5.73 Å². The fraction of sp³-hybridized carbons (Fsp3) is 0.643. The third kappa shape index (κ3) is 7.55. The number of amides is 1. The summed E-state index contributed by atoms with van der Waals surface area (Å²) < 4.78 is 0. The van der Waals surface area contributed by atoms with E-state index in [9.17, 15) is 4.79 Å². The van der Waals surface area contributed by atoms with Crippen molar-refractivity contribution >= 4 is 29.7 Å². The molecule has 1 amide bonds. The topological polar surface area (TPSA) is 55.1 Å². The standard InChI is InChI=1S/C14H24N2OS.ClH/c1-10-8-12(11(2)18-10)6-5-7-13(17)16-9-14(3,4)15;/h8H,5-7,9,15H2,1-4H3,(H,16,17);1H. The Morgan fingerprint density at radius 1 is 1.42 bits per heavy atom. The number of nitrogens with two attached hydrogens (primary N) is 1. The van der Waals surface area contributed by atoms with Crippen LogP contribution in [0.15, 0.2) is 6.07 Å². The average Bonchev–Trinajstić information content (AvgIpc) is 2.54. The quantitative estimate of drug-likeness (QED) is 0.849. The molecule has 0 aliphatic rings. The number of hydrogen-bond donors (Lipinski definition) is 2. The summed E-state index contributed by atoms with van der Waals surface area (Å²) in [5, 5.41) is 2.87. The second-order valence-corrected chi connectivity index (χ2v) is 7.02. The first kappa shape index (κ1) is 18.4. The lowest BCUT2D eigenvalue weighted by atomic mass is 10.1. The Morgan fingerprint density at radius 3 is 2.53 bits per heavy atom. The van der Waals surface area contributed by atoms with Gasteiger partial charge in [0.25, 0.3) is 0 Å². The second kappa shape index (κ2) is 7.88. The Morgan fingerprint density at radius 2 is 2.05 bits per heavy atom. The van der Waals surface area contributed by atoms with E-state index in [1.807, 2.05) is 25.2 Å². The van der Waals surface area contributed by atoms with Crippen LogP contribution in [0.5, 0.6) is 0 Å². The Hall–Kier alpha value is -0.580. The third-order valence-electron chi connectivity index (χ3n) is 2.73. The molecule has 0 radical (unpaired) electrons. The maximum absolute atomic E-state index is 11.6. The van der Waals surface area contributed by atoms with E-state index in [2.05, 4.69) is 25.2 Å². The third-order valence-corrected chi connectivity index (χ3v) is 3.74. The summed E-state index contributed by atoms with van der Waals surface area (Å²) in [4.78, 5) is 14.3. The van der Waals surface area contributed by atoms with Gasteiger partial charge in [-0.15, -0.1) is 23.7 Å². The Kier molecular flexibility index (Phi) is 7.64. The van der Waals surface area contributed by atoms with Crippen LogP contribution in [0.2, 0.25) is 0 Å². The molecule has 0 atom stereocenters. The molecule has 0 fully saturated rings. The lowest BCUT2D eigenvalue weighted by Gasteiger charge is -2.18. The SMILES string of the molecule is Cc1cc(CCCC(=O)NCC(C)(C)N)c(C)s1.Cl.